The number of carbonyl (C=O) groups is 1. The van der Waals surface area contributed by atoms with Crippen LogP contribution < -0.4 is 11.2 Å². The van der Waals surface area contributed by atoms with Crippen molar-refractivity contribution in [3.8, 4) is 5.75 Å². The van der Waals surface area contributed by atoms with E-state index in [0.717, 1.165) is 5.57 Å². The largest absolute Gasteiger partial charge is 0.507 e. The lowest BCUT2D eigenvalue weighted by Crippen LogP contribution is -2.18. The summed E-state index contributed by atoms with van der Waals surface area (Å²) in [5.41, 5.74) is 10.1. The number of phenols is 1. The summed E-state index contributed by atoms with van der Waals surface area (Å²) in [7, 11) is 0. The van der Waals surface area contributed by atoms with Gasteiger partial charge < -0.3 is 10.8 Å². The predicted molar refractivity (Wildman–Crippen MR) is 72.5 cm³/mol. The second-order valence-electron chi connectivity index (χ2n) is 4.19. The van der Waals surface area contributed by atoms with E-state index in [1.54, 1.807) is 13.0 Å². The zero-order valence-corrected chi connectivity index (χ0v) is 10.7. The van der Waals surface area contributed by atoms with Gasteiger partial charge in [0.15, 0.2) is 0 Å². The Bertz CT molecular complexity index is 515. The number of aromatic hydroxyl groups is 1. The number of phenolic OH excluding ortho intramolecular Hbond substituents is 1. The van der Waals surface area contributed by atoms with Crippen LogP contribution in [0.4, 0.5) is 5.69 Å². The number of nitrogens with zero attached hydrogens (tertiary/aromatic N) is 1. The fraction of sp³-hybridized carbons (Fsp3) is 0.231. The van der Waals surface area contributed by atoms with Crippen LogP contribution in [0, 0.1) is 0 Å². The molecule has 0 aliphatic heterocycles. The lowest BCUT2D eigenvalue weighted by Gasteiger charge is -2.04. The molecule has 0 bridgehead atoms. The number of anilines is 1. The fourth-order valence-electron chi connectivity index (χ4n) is 1.39. The molecule has 0 aliphatic rings. The minimum Gasteiger partial charge on any atom is -0.507 e. The van der Waals surface area contributed by atoms with Crippen molar-refractivity contribution in [2.24, 2.45) is 5.10 Å². The minimum absolute atomic E-state index is 0.137. The highest BCUT2D eigenvalue weighted by Crippen LogP contribution is 2.19. The number of hydrogen-bond donors (Lipinski definition) is 3. The van der Waals surface area contributed by atoms with Gasteiger partial charge in [0.25, 0.3) is 5.91 Å². The Balaban J connectivity index is 2.81. The average Bonchev–Trinajstić information content (AvgIpc) is 2.25. The number of hydrogen-bond acceptors (Lipinski definition) is 4. The van der Waals surface area contributed by atoms with E-state index >= 15 is 0 Å². The van der Waals surface area contributed by atoms with Crippen LogP contribution in [0.2, 0.25) is 0 Å². The van der Waals surface area contributed by atoms with Crippen LogP contribution in [0.15, 0.2) is 34.9 Å². The molecule has 1 aromatic rings. The van der Waals surface area contributed by atoms with Gasteiger partial charge in [-0.05, 0) is 39.0 Å². The minimum atomic E-state index is -0.478. The number of rotatable bonds is 3. The molecule has 0 radical (unpaired) electrons. The van der Waals surface area contributed by atoms with Crippen molar-refractivity contribution in [1.82, 2.24) is 5.43 Å². The van der Waals surface area contributed by atoms with Crippen molar-refractivity contribution in [1.29, 1.82) is 0 Å². The number of nitrogen functional groups attached to an aromatic ring is 1. The maximum atomic E-state index is 11.7. The van der Waals surface area contributed by atoms with Gasteiger partial charge in [-0.1, -0.05) is 5.57 Å². The third kappa shape index (κ3) is 3.93. The van der Waals surface area contributed by atoms with E-state index in [0.29, 0.717) is 11.4 Å². The Morgan fingerprint density at radius 3 is 2.61 bits per heavy atom. The lowest BCUT2D eigenvalue weighted by atomic mass is 10.2. The van der Waals surface area contributed by atoms with E-state index in [4.69, 9.17) is 5.73 Å². The summed E-state index contributed by atoms with van der Waals surface area (Å²) < 4.78 is 0. The molecule has 0 heterocycles. The molecule has 0 atom stereocenters. The number of nitrogens with one attached hydrogen (secondary N) is 1. The quantitative estimate of drug-likeness (QED) is 0.434. The molecule has 1 amide bonds. The molecular formula is C13H17N3O2. The van der Waals surface area contributed by atoms with Crippen LogP contribution >= 0.6 is 0 Å². The van der Waals surface area contributed by atoms with Crippen LogP contribution in [-0.4, -0.2) is 16.7 Å². The van der Waals surface area contributed by atoms with E-state index in [-0.39, 0.29) is 11.3 Å². The van der Waals surface area contributed by atoms with Gasteiger partial charge in [0.1, 0.15) is 5.75 Å². The maximum absolute atomic E-state index is 11.7. The summed E-state index contributed by atoms with van der Waals surface area (Å²) in [4.78, 5) is 11.7. The van der Waals surface area contributed by atoms with Crippen molar-refractivity contribution in [2.75, 3.05) is 5.73 Å². The molecule has 18 heavy (non-hydrogen) atoms. The first-order valence-corrected chi connectivity index (χ1v) is 5.48. The van der Waals surface area contributed by atoms with Gasteiger partial charge in [0.2, 0.25) is 0 Å². The van der Waals surface area contributed by atoms with Gasteiger partial charge in [-0.25, -0.2) is 5.43 Å². The SMILES string of the molecule is CC(C)=C/C(C)=N/NC(=O)c1ccc(N)cc1O. The summed E-state index contributed by atoms with van der Waals surface area (Å²) in [5.74, 6) is -0.642. The smallest absolute Gasteiger partial charge is 0.275 e. The molecule has 96 valence electrons. The zero-order valence-electron chi connectivity index (χ0n) is 10.7. The Morgan fingerprint density at radius 2 is 2.06 bits per heavy atom. The second-order valence-corrected chi connectivity index (χ2v) is 4.19. The maximum Gasteiger partial charge on any atom is 0.275 e. The zero-order chi connectivity index (χ0) is 13.7. The summed E-state index contributed by atoms with van der Waals surface area (Å²) in [6.45, 7) is 5.65. The highest BCUT2D eigenvalue weighted by Gasteiger charge is 2.10. The summed E-state index contributed by atoms with van der Waals surface area (Å²) in [6.07, 6.45) is 1.84. The van der Waals surface area contributed by atoms with Crippen molar-refractivity contribution in [3.63, 3.8) is 0 Å². The van der Waals surface area contributed by atoms with Crippen molar-refractivity contribution >= 4 is 17.3 Å². The molecule has 5 nitrogen and oxygen atoms in total. The third-order valence-corrected chi connectivity index (χ3v) is 2.10. The molecule has 0 unspecified atom stereocenters. The van der Waals surface area contributed by atoms with Gasteiger partial charge in [-0.15, -0.1) is 0 Å². The Labute approximate surface area is 106 Å². The van der Waals surface area contributed by atoms with Gasteiger partial charge in [0.05, 0.1) is 11.3 Å². The van der Waals surface area contributed by atoms with E-state index in [1.165, 1.54) is 12.1 Å². The molecule has 1 aromatic carbocycles. The molecule has 5 heteroatoms. The number of benzene rings is 1. The predicted octanol–water partition coefficient (Wildman–Crippen LogP) is 2.05. The fourth-order valence-corrected chi connectivity index (χ4v) is 1.39. The number of amides is 1. The van der Waals surface area contributed by atoms with Crippen molar-refractivity contribution in [2.45, 2.75) is 20.8 Å². The Kier molecular flexibility index (Phi) is 4.48. The summed E-state index contributed by atoms with van der Waals surface area (Å²) in [5, 5.41) is 13.5. The normalized spacial score (nSPS) is 10.9. The highest BCUT2D eigenvalue weighted by atomic mass is 16.3. The topological polar surface area (TPSA) is 87.7 Å². The van der Waals surface area contributed by atoms with Crippen LogP contribution in [0.1, 0.15) is 31.1 Å². The molecule has 0 saturated carbocycles. The number of hydrazone groups is 1. The standard InChI is InChI=1S/C13H17N3O2/c1-8(2)6-9(3)15-16-13(18)11-5-4-10(14)7-12(11)17/h4-7,17H,14H2,1-3H3,(H,16,18)/b15-9+. The molecule has 0 saturated heterocycles. The van der Waals surface area contributed by atoms with Gasteiger partial charge >= 0.3 is 0 Å². The van der Waals surface area contributed by atoms with E-state index < -0.39 is 5.91 Å². The summed E-state index contributed by atoms with van der Waals surface area (Å²) >= 11 is 0. The van der Waals surface area contributed by atoms with Crippen LogP contribution in [0.3, 0.4) is 0 Å². The van der Waals surface area contributed by atoms with Crippen molar-refractivity contribution in [3.05, 3.63) is 35.4 Å². The Morgan fingerprint density at radius 1 is 1.39 bits per heavy atom. The number of carbonyl (C=O) groups excluding carboxylic acids is 1. The molecule has 0 aliphatic carbocycles. The highest BCUT2D eigenvalue weighted by molar-refractivity contribution is 5.99. The number of allylic oxidation sites excluding steroid dienone is 2. The first kappa shape index (κ1) is 13.8. The van der Waals surface area contributed by atoms with Gasteiger partial charge in [-0.3, -0.25) is 4.79 Å². The molecule has 0 spiro atoms. The van der Waals surface area contributed by atoms with E-state index in [2.05, 4.69) is 10.5 Å². The summed E-state index contributed by atoms with van der Waals surface area (Å²) in [6, 6.07) is 4.31. The Hall–Kier alpha value is -2.30. The van der Waals surface area contributed by atoms with Crippen LogP contribution in [-0.2, 0) is 0 Å². The van der Waals surface area contributed by atoms with Crippen LogP contribution in [0.5, 0.6) is 5.75 Å². The van der Waals surface area contributed by atoms with Gasteiger partial charge in [-0.2, -0.15) is 5.10 Å². The third-order valence-electron chi connectivity index (χ3n) is 2.10. The first-order chi connectivity index (χ1) is 8.40. The number of nitrogens with two attached hydrogens (primary N) is 1. The van der Waals surface area contributed by atoms with E-state index in [9.17, 15) is 9.90 Å². The molecule has 1 rings (SSSR count). The molecule has 0 aromatic heterocycles. The van der Waals surface area contributed by atoms with E-state index in [1.807, 2.05) is 19.9 Å². The van der Waals surface area contributed by atoms with Gasteiger partial charge in [0, 0.05) is 11.8 Å². The van der Waals surface area contributed by atoms with Crippen molar-refractivity contribution < 1.29 is 9.90 Å². The molecular weight excluding hydrogens is 230 g/mol. The molecule has 0 fully saturated rings. The lowest BCUT2D eigenvalue weighted by molar-refractivity contribution is 0.0952. The molecule has 4 N–H and O–H groups in total. The first-order valence-electron chi connectivity index (χ1n) is 5.48. The second kappa shape index (κ2) is 5.86. The monoisotopic (exact) mass is 247 g/mol. The average molecular weight is 247 g/mol. The van der Waals surface area contributed by atoms with Crippen LogP contribution in [0.25, 0.3) is 0 Å².